The van der Waals surface area contributed by atoms with E-state index >= 15 is 0 Å². The second-order valence-electron chi connectivity index (χ2n) is 6.70. The molecule has 0 radical (unpaired) electrons. The van der Waals surface area contributed by atoms with E-state index in [9.17, 15) is 9.90 Å². The van der Waals surface area contributed by atoms with Crippen molar-refractivity contribution in [2.24, 2.45) is 5.92 Å². The fourth-order valence-electron chi connectivity index (χ4n) is 3.85. The molecule has 128 valence electrons. The summed E-state index contributed by atoms with van der Waals surface area (Å²) < 4.78 is 5.58. The number of hydrogen-bond donors (Lipinski definition) is 1. The highest BCUT2D eigenvalue weighted by molar-refractivity contribution is 5.77. The normalized spacial score (nSPS) is 27.0. The summed E-state index contributed by atoms with van der Waals surface area (Å²) >= 11 is 0. The Balaban J connectivity index is 1.60. The maximum absolute atomic E-state index is 12.7. The molecule has 24 heavy (non-hydrogen) atoms. The number of rotatable bonds is 4. The topological polar surface area (TPSA) is 73.6 Å². The molecule has 3 atom stereocenters. The van der Waals surface area contributed by atoms with Gasteiger partial charge in [0.2, 0.25) is 5.91 Å². The Hall–Kier alpha value is -1.90. The summed E-state index contributed by atoms with van der Waals surface area (Å²) in [4.78, 5) is 14.6. The third kappa shape index (κ3) is 3.77. The summed E-state index contributed by atoms with van der Waals surface area (Å²) in [5.74, 6) is 0.274. The van der Waals surface area contributed by atoms with Crippen LogP contribution in [-0.4, -0.2) is 47.8 Å². The maximum atomic E-state index is 12.7. The van der Waals surface area contributed by atoms with Crippen LogP contribution in [0.4, 0.5) is 0 Å². The Morgan fingerprint density at radius 1 is 1.33 bits per heavy atom. The van der Waals surface area contributed by atoms with Crippen LogP contribution < -0.4 is 0 Å². The van der Waals surface area contributed by atoms with Gasteiger partial charge >= 0.3 is 0 Å². The van der Waals surface area contributed by atoms with Crippen LogP contribution in [0.1, 0.15) is 36.8 Å². The van der Waals surface area contributed by atoms with Crippen LogP contribution >= 0.6 is 0 Å². The maximum Gasteiger partial charge on any atom is 0.223 e. The quantitative estimate of drug-likeness (QED) is 0.916. The number of aliphatic hydroxyl groups excluding tert-OH is 1. The van der Waals surface area contributed by atoms with Crippen molar-refractivity contribution in [3.05, 3.63) is 35.4 Å². The Kier molecular flexibility index (Phi) is 5.49. The summed E-state index contributed by atoms with van der Waals surface area (Å²) in [5, 5.41) is 19.0. The zero-order valence-corrected chi connectivity index (χ0v) is 13.9. The van der Waals surface area contributed by atoms with E-state index in [-0.39, 0.29) is 24.0 Å². The lowest BCUT2D eigenvalue weighted by atomic mass is 9.93. The van der Waals surface area contributed by atoms with Crippen molar-refractivity contribution in [2.75, 3.05) is 19.8 Å². The van der Waals surface area contributed by atoms with Gasteiger partial charge in [0.25, 0.3) is 0 Å². The first-order chi connectivity index (χ1) is 11.7. The average molecular weight is 328 g/mol. The molecule has 1 aromatic carbocycles. The van der Waals surface area contributed by atoms with Gasteiger partial charge in [-0.15, -0.1) is 0 Å². The largest absolute Gasteiger partial charge is 0.393 e. The third-order valence-electron chi connectivity index (χ3n) is 5.22. The molecule has 1 heterocycles. The van der Waals surface area contributed by atoms with Crippen molar-refractivity contribution in [3.63, 3.8) is 0 Å². The van der Waals surface area contributed by atoms with Gasteiger partial charge in [-0.05, 0) is 37.0 Å². The van der Waals surface area contributed by atoms with E-state index in [1.165, 1.54) is 0 Å². The molecular formula is C19H24N2O3. The molecule has 0 aromatic heterocycles. The number of nitrogens with zero attached hydrogens (tertiary/aromatic N) is 2. The first-order valence-corrected chi connectivity index (χ1v) is 8.73. The van der Waals surface area contributed by atoms with Crippen molar-refractivity contribution in [1.29, 1.82) is 5.26 Å². The molecule has 2 aliphatic rings. The van der Waals surface area contributed by atoms with Gasteiger partial charge in [-0.1, -0.05) is 18.6 Å². The molecule has 0 bridgehead atoms. The predicted octanol–water partition coefficient (Wildman–Crippen LogP) is 1.88. The van der Waals surface area contributed by atoms with Gasteiger partial charge in [0.1, 0.15) is 0 Å². The minimum absolute atomic E-state index is 0.00437. The molecule has 1 saturated heterocycles. The highest BCUT2D eigenvalue weighted by Crippen LogP contribution is 2.32. The highest BCUT2D eigenvalue weighted by atomic mass is 16.5. The molecule has 1 saturated carbocycles. The van der Waals surface area contributed by atoms with Crippen LogP contribution in [0.2, 0.25) is 0 Å². The molecular weight excluding hydrogens is 304 g/mol. The van der Waals surface area contributed by atoms with Gasteiger partial charge in [-0.2, -0.15) is 5.26 Å². The van der Waals surface area contributed by atoms with Crippen LogP contribution in [0.25, 0.3) is 0 Å². The number of carbonyl (C=O) groups excluding carboxylic acids is 1. The lowest BCUT2D eigenvalue weighted by Gasteiger charge is -2.40. The average Bonchev–Trinajstić information content (AvgIpc) is 3.06. The number of amides is 1. The minimum Gasteiger partial charge on any atom is -0.393 e. The minimum atomic E-state index is -0.314. The van der Waals surface area contributed by atoms with Crippen molar-refractivity contribution in [1.82, 2.24) is 4.90 Å². The first-order valence-electron chi connectivity index (χ1n) is 8.73. The number of ether oxygens (including phenoxy) is 1. The standard InChI is InChI=1S/C19H24N2O3/c20-12-15-6-4-14(5-7-15)8-9-19(23)21-10-11-24-13-17(21)16-2-1-3-18(16)22/h4-7,16-18,22H,1-3,8-11,13H2/t16-,17+,18+/m0/s1. The van der Waals surface area contributed by atoms with Crippen molar-refractivity contribution in [2.45, 2.75) is 44.2 Å². The molecule has 1 aliphatic carbocycles. The molecule has 1 aromatic rings. The van der Waals surface area contributed by atoms with E-state index in [0.29, 0.717) is 38.2 Å². The van der Waals surface area contributed by atoms with E-state index in [1.54, 1.807) is 12.1 Å². The molecule has 5 nitrogen and oxygen atoms in total. The second kappa shape index (κ2) is 7.78. The predicted molar refractivity (Wildman–Crippen MR) is 89.1 cm³/mol. The van der Waals surface area contributed by atoms with Gasteiger partial charge in [0, 0.05) is 18.9 Å². The molecule has 1 amide bonds. The Labute approximate surface area is 142 Å². The summed E-state index contributed by atoms with van der Waals surface area (Å²) in [6.45, 7) is 1.71. The van der Waals surface area contributed by atoms with Gasteiger partial charge in [-0.3, -0.25) is 4.79 Å². The molecule has 5 heteroatoms. The lowest BCUT2D eigenvalue weighted by molar-refractivity contribution is -0.143. The Morgan fingerprint density at radius 2 is 2.12 bits per heavy atom. The van der Waals surface area contributed by atoms with Crippen LogP contribution in [0.15, 0.2) is 24.3 Å². The van der Waals surface area contributed by atoms with Gasteiger partial charge in [-0.25, -0.2) is 0 Å². The molecule has 0 spiro atoms. The zero-order valence-electron chi connectivity index (χ0n) is 13.9. The number of morpholine rings is 1. The molecule has 0 unspecified atom stereocenters. The van der Waals surface area contributed by atoms with E-state index in [4.69, 9.17) is 10.00 Å². The van der Waals surface area contributed by atoms with Crippen LogP contribution in [-0.2, 0) is 16.0 Å². The van der Waals surface area contributed by atoms with E-state index in [1.807, 2.05) is 17.0 Å². The number of aryl methyl sites for hydroxylation is 1. The van der Waals surface area contributed by atoms with Crippen molar-refractivity contribution >= 4 is 5.91 Å². The van der Waals surface area contributed by atoms with E-state index in [0.717, 1.165) is 24.8 Å². The number of aliphatic hydroxyl groups is 1. The summed E-state index contributed by atoms with van der Waals surface area (Å²) in [7, 11) is 0. The number of benzene rings is 1. The number of hydrogen-bond acceptors (Lipinski definition) is 4. The summed E-state index contributed by atoms with van der Waals surface area (Å²) in [6.07, 6.45) is 3.62. The monoisotopic (exact) mass is 328 g/mol. The lowest BCUT2D eigenvalue weighted by Crippen LogP contribution is -2.53. The Morgan fingerprint density at radius 3 is 2.79 bits per heavy atom. The van der Waals surface area contributed by atoms with Crippen LogP contribution in [0.5, 0.6) is 0 Å². The first kappa shape index (κ1) is 16.9. The van der Waals surface area contributed by atoms with E-state index < -0.39 is 0 Å². The summed E-state index contributed by atoms with van der Waals surface area (Å²) in [5.41, 5.74) is 1.70. The van der Waals surface area contributed by atoms with Gasteiger partial charge < -0.3 is 14.7 Å². The molecule has 1 N–H and O–H groups in total. The molecule has 3 rings (SSSR count). The molecule has 1 aliphatic heterocycles. The number of carbonyl (C=O) groups is 1. The van der Waals surface area contributed by atoms with Gasteiger partial charge in [0.15, 0.2) is 0 Å². The third-order valence-corrected chi connectivity index (χ3v) is 5.22. The van der Waals surface area contributed by atoms with Crippen molar-refractivity contribution < 1.29 is 14.6 Å². The van der Waals surface area contributed by atoms with Crippen LogP contribution in [0.3, 0.4) is 0 Å². The SMILES string of the molecule is N#Cc1ccc(CCC(=O)N2CCOC[C@@H]2[C@@H]2CCC[C@H]2O)cc1. The fraction of sp³-hybridized carbons (Fsp3) is 0.579. The summed E-state index contributed by atoms with van der Waals surface area (Å²) in [6, 6.07) is 9.48. The van der Waals surface area contributed by atoms with Crippen molar-refractivity contribution in [3.8, 4) is 6.07 Å². The second-order valence-corrected chi connectivity index (χ2v) is 6.70. The molecule has 2 fully saturated rings. The van der Waals surface area contributed by atoms with E-state index in [2.05, 4.69) is 6.07 Å². The zero-order chi connectivity index (χ0) is 16.9. The van der Waals surface area contributed by atoms with Gasteiger partial charge in [0.05, 0.1) is 37.0 Å². The Bertz CT molecular complexity index is 608. The van der Waals surface area contributed by atoms with Crippen LogP contribution in [0, 0.1) is 17.2 Å². The number of nitriles is 1. The smallest absolute Gasteiger partial charge is 0.223 e. The fourth-order valence-corrected chi connectivity index (χ4v) is 3.85. The highest BCUT2D eigenvalue weighted by Gasteiger charge is 2.39.